The average molecular weight is 361 g/mol. The van der Waals surface area contributed by atoms with Gasteiger partial charge in [0.05, 0.1) is 12.8 Å². The van der Waals surface area contributed by atoms with Crippen LogP contribution in [0.3, 0.4) is 0 Å². The highest BCUT2D eigenvalue weighted by Gasteiger charge is 2.16. The maximum absolute atomic E-state index is 12.7. The summed E-state index contributed by atoms with van der Waals surface area (Å²) < 4.78 is 5.15. The monoisotopic (exact) mass is 361 g/mol. The summed E-state index contributed by atoms with van der Waals surface area (Å²) in [7, 11) is 1.61. The van der Waals surface area contributed by atoms with Crippen molar-refractivity contribution in [3.8, 4) is 5.75 Å². The first-order valence-electron chi connectivity index (χ1n) is 9.33. The van der Waals surface area contributed by atoms with Gasteiger partial charge in [-0.05, 0) is 61.7 Å². The number of ether oxygens (including phenoxy) is 1. The lowest BCUT2D eigenvalue weighted by Crippen LogP contribution is -2.29. The van der Waals surface area contributed by atoms with Crippen LogP contribution in [0.15, 0.2) is 54.9 Å². The molecule has 5 heteroatoms. The molecule has 1 aliphatic rings. The Morgan fingerprint density at radius 3 is 2.52 bits per heavy atom. The second kappa shape index (κ2) is 7.66. The number of benzene rings is 2. The number of nitrogens with zero attached hydrogens (tertiary/aromatic N) is 2. The Hall–Kier alpha value is -3.08. The lowest BCUT2D eigenvalue weighted by atomic mass is 10.0. The maximum atomic E-state index is 12.7. The molecule has 0 atom stereocenters. The SMILES string of the molecule is COc1ccc(C(=O)Nc2ccc(N3CCCCC3)c3ccncc23)cc1. The summed E-state index contributed by atoms with van der Waals surface area (Å²) in [5.41, 5.74) is 2.59. The number of fused-ring (bicyclic) bond motifs is 1. The zero-order valence-electron chi connectivity index (χ0n) is 15.4. The number of pyridine rings is 1. The third-order valence-electron chi connectivity index (χ3n) is 5.09. The Bertz CT molecular complexity index is 947. The van der Waals surface area contributed by atoms with E-state index in [0.717, 1.165) is 35.3 Å². The molecule has 0 saturated carbocycles. The Morgan fingerprint density at radius 2 is 1.78 bits per heavy atom. The first kappa shape index (κ1) is 17.3. The Labute approximate surface area is 159 Å². The molecule has 27 heavy (non-hydrogen) atoms. The van der Waals surface area contributed by atoms with E-state index in [4.69, 9.17) is 4.74 Å². The van der Waals surface area contributed by atoms with Gasteiger partial charge >= 0.3 is 0 Å². The van der Waals surface area contributed by atoms with Crippen LogP contribution in [0.25, 0.3) is 10.8 Å². The molecule has 1 aromatic heterocycles. The third-order valence-corrected chi connectivity index (χ3v) is 5.09. The minimum Gasteiger partial charge on any atom is -0.497 e. The second-order valence-electron chi connectivity index (χ2n) is 6.78. The predicted molar refractivity (Wildman–Crippen MR) is 109 cm³/mol. The molecule has 2 aromatic carbocycles. The molecule has 3 aromatic rings. The highest BCUT2D eigenvalue weighted by molar-refractivity contribution is 6.11. The molecule has 138 valence electrons. The normalized spacial score (nSPS) is 14.2. The van der Waals surface area contributed by atoms with Crippen LogP contribution in [0.1, 0.15) is 29.6 Å². The van der Waals surface area contributed by atoms with Crippen LogP contribution in [0.2, 0.25) is 0 Å². The summed E-state index contributed by atoms with van der Waals surface area (Å²) in [5, 5.41) is 5.12. The van der Waals surface area contributed by atoms with Gasteiger partial charge in [-0.2, -0.15) is 0 Å². The second-order valence-corrected chi connectivity index (χ2v) is 6.78. The van der Waals surface area contributed by atoms with Crippen molar-refractivity contribution in [2.45, 2.75) is 19.3 Å². The van der Waals surface area contributed by atoms with Crippen LogP contribution in [0, 0.1) is 0 Å². The smallest absolute Gasteiger partial charge is 0.255 e. The largest absolute Gasteiger partial charge is 0.497 e. The number of amides is 1. The van der Waals surface area contributed by atoms with Crippen molar-refractivity contribution in [2.75, 3.05) is 30.4 Å². The van der Waals surface area contributed by atoms with Crippen molar-refractivity contribution >= 4 is 28.1 Å². The van der Waals surface area contributed by atoms with Crippen LogP contribution < -0.4 is 15.0 Å². The number of hydrogen-bond acceptors (Lipinski definition) is 4. The van der Waals surface area contributed by atoms with Crippen molar-refractivity contribution in [1.29, 1.82) is 0 Å². The van der Waals surface area contributed by atoms with Gasteiger partial charge in [-0.15, -0.1) is 0 Å². The number of hydrogen-bond donors (Lipinski definition) is 1. The molecule has 4 rings (SSSR count). The minimum absolute atomic E-state index is 0.145. The standard InChI is InChI=1S/C22H23N3O2/c1-27-17-7-5-16(6-8-17)22(26)24-20-9-10-21(25-13-3-2-4-14-25)18-11-12-23-15-19(18)20/h5-12,15H,2-4,13-14H2,1H3,(H,24,26). The van der Waals surface area contributed by atoms with E-state index in [-0.39, 0.29) is 5.91 Å². The average Bonchev–Trinajstić information content (AvgIpc) is 2.74. The quantitative estimate of drug-likeness (QED) is 0.744. The van der Waals surface area contributed by atoms with Crippen molar-refractivity contribution in [1.82, 2.24) is 4.98 Å². The van der Waals surface area contributed by atoms with E-state index < -0.39 is 0 Å². The van der Waals surface area contributed by atoms with Crippen LogP contribution in [0.5, 0.6) is 5.75 Å². The number of piperidine rings is 1. The molecule has 1 amide bonds. The molecular formula is C22H23N3O2. The number of methoxy groups -OCH3 is 1. The number of carbonyl (C=O) groups is 1. The number of rotatable bonds is 4. The number of nitrogens with one attached hydrogen (secondary N) is 1. The van der Waals surface area contributed by atoms with Crippen LogP contribution in [-0.2, 0) is 0 Å². The molecule has 2 heterocycles. The number of aromatic nitrogens is 1. The molecule has 1 N–H and O–H groups in total. The van der Waals surface area contributed by atoms with E-state index >= 15 is 0 Å². The van der Waals surface area contributed by atoms with Crippen molar-refractivity contribution in [3.63, 3.8) is 0 Å². The molecular weight excluding hydrogens is 338 g/mol. The third kappa shape index (κ3) is 3.58. The van der Waals surface area contributed by atoms with Crippen LogP contribution in [0.4, 0.5) is 11.4 Å². The predicted octanol–water partition coefficient (Wildman–Crippen LogP) is 4.49. The molecule has 0 spiro atoms. The van der Waals surface area contributed by atoms with Gasteiger partial charge in [-0.25, -0.2) is 0 Å². The van der Waals surface area contributed by atoms with Gasteiger partial charge in [-0.1, -0.05) is 0 Å². The summed E-state index contributed by atoms with van der Waals surface area (Å²) in [5.74, 6) is 0.584. The van der Waals surface area contributed by atoms with E-state index in [2.05, 4.69) is 21.3 Å². The summed E-state index contributed by atoms with van der Waals surface area (Å²) >= 11 is 0. The van der Waals surface area contributed by atoms with Crippen molar-refractivity contribution in [2.24, 2.45) is 0 Å². The summed E-state index contributed by atoms with van der Waals surface area (Å²) in [4.78, 5) is 19.4. The fraction of sp³-hybridized carbons (Fsp3) is 0.273. The molecule has 5 nitrogen and oxygen atoms in total. The fourth-order valence-corrected chi connectivity index (χ4v) is 3.63. The maximum Gasteiger partial charge on any atom is 0.255 e. The van der Waals surface area contributed by atoms with Gasteiger partial charge in [0.1, 0.15) is 5.75 Å². The van der Waals surface area contributed by atoms with Crippen molar-refractivity contribution in [3.05, 3.63) is 60.4 Å². The topological polar surface area (TPSA) is 54.5 Å². The molecule has 1 fully saturated rings. The van der Waals surface area contributed by atoms with Gasteiger partial charge in [0.25, 0.3) is 5.91 Å². The fourth-order valence-electron chi connectivity index (χ4n) is 3.63. The van der Waals surface area contributed by atoms with E-state index in [1.165, 1.54) is 24.9 Å². The summed E-state index contributed by atoms with van der Waals surface area (Å²) in [6, 6.07) is 13.2. The first-order chi connectivity index (χ1) is 13.3. The van der Waals surface area contributed by atoms with E-state index in [0.29, 0.717) is 5.56 Å². The molecule has 1 saturated heterocycles. The van der Waals surface area contributed by atoms with Crippen LogP contribution >= 0.6 is 0 Å². The summed E-state index contributed by atoms with van der Waals surface area (Å²) in [6.07, 6.45) is 7.38. The molecule has 0 radical (unpaired) electrons. The number of carbonyl (C=O) groups excluding carboxylic acids is 1. The van der Waals surface area contributed by atoms with Crippen LogP contribution in [-0.4, -0.2) is 31.1 Å². The Kier molecular flexibility index (Phi) is 4.92. The van der Waals surface area contributed by atoms with Crippen molar-refractivity contribution < 1.29 is 9.53 Å². The zero-order chi connectivity index (χ0) is 18.6. The lowest BCUT2D eigenvalue weighted by Gasteiger charge is -2.30. The Balaban J connectivity index is 1.64. The van der Waals surface area contributed by atoms with E-state index in [9.17, 15) is 4.79 Å². The minimum atomic E-state index is -0.145. The van der Waals surface area contributed by atoms with Gasteiger partial charge in [0, 0.05) is 47.5 Å². The van der Waals surface area contributed by atoms with Gasteiger partial charge < -0.3 is 15.0 Å². The Morgan fingerprint density at radius 1 is 1.00 bits per heavy atom. The number of anilines is 2. The van der Waals surface area contributed by atoms with Gasteiger partial charge in [0.2, 0.25) is 0 Å². The molecule has 0 aliphatic carbocycles. The highest BCUT2D eigenvalue weighted by atomic mass is 16.5. The molecule has 1 aliphatic heterocycles. The summed E-state index contributed by atoms with van der Waals surface area (Å²) in [6.45, 7) is 2.16. The lowest BCUT2D eigenvalue weighted by molar-refractivity contribution is 0.102. The highest BCUT2D eigenvalue weighted by Crippen LogP contribution is 2.33. The van der Waals surface area contributed by atoms with E-state index in [1.807, 2.05) is 24.5 Å². The van der Waals surface area contributed by atoms with Gasteiger partial charge in [-0.3, -0.25) is 9.78 Å². The molecule has 0 unspecified atom stereocenters. The van der Waals surface area contributed by atoms with E-state index in [1.54, 1.807) is 31.4 Å². The van der Waals surface area contributed by atoms with Gasteiger partial charge in [0.15, 0.2) is 0 Å². The first-order valence-corrected chi connectivity index (χ1v) is 9.33. The zero-order valence-corrected chi connectivity index (χ0v) is 15.4. The molecule has 0 bridgehead atoms.